The molecule has 3 heterocycles. The largest absolute Gasteiger partial charge is 0.348 e. The predicted molar refractivity (Wildman–Crippen MR) is 208 cm³/mol. The lowest BCUT2D eigenvalue weighted by atomic mass is 9.66. The van der Waals surface area contributed by atoms with Gasteiger partial charge in [-0.25, -0.2) is 8.78 Å². The van der Waals surface area contributed by atoms with E-state index in [0.29, 0.717) is 19.4 Å². The Bertz CT molecular complexity index is 1790. The van der Waals surface area contributed by atoms with E-state index >= 15 is 8.78 Å². The summed E-state index contributed by atoms with van der Waals surface area (Å²) in [6.07, 6.45) is 7.14. The van der Waals surface area contributed by atoms with E-state index in [9.17, 15) is 4.79 Å². The number of carbonyl (C=O) groups excluding carboxylic acids is 1. The molecule has 3 aromatic carbocycles. The van der Waals surface area contributed by atoms with E-state index in [1.54, 1.807) is 24.3 Å². The number of nitrogens with two attached hydrogens (primary N) is 1. The molecule has 5 atom stereocenters. The number of nitrogens with one attached hydrogen (secondary N) is 1. The molecule has 0 radical (unpaired) electrons. The molecule has 3 aliphatic rings. The summed E-state index contributed by atoms with van der Waals surface area (Å²) in [7, 11) is 0. The van der Waals surface area contributed by atoms with Crippen molar-refractivity contribution < 1.29 is 23.0 Å². The first-order valence-corrected chi connectivity index (χ1v) is 19.7. The number of hydrogen-bond acceptors (Lipinski definition) is 6. The average Bonchev–Trinajstić information content (AvgIpc) is 3.61. The van der Waals surface area contributed by atoms with Crippen LogP contribution in [0.15, 0.2) is 78.4 Å². The van der Waals surface area contributed by atoms with E-state index in [1.807, 2.05) is 19.9 Å². The second kappa shape index (κ2) is 16.6. The summed E-state index contributed by atoms with van der Waals surface area (Å²) in [5.74, 6) is -2.86. The molecule has 3 N–H and O–H groups in total. The van der Waals surface area contributed by atoms with E-state index in [0.717, 1.165) is 45.3 Å². The van der Waals surface area contributed by atoms with Crippen molar-refractivity contribution >= 4 is 29.0 Å². The van der Waals surface area contributed by atoms with Gasteiger partial charge < -0.3 is 20.5 Å². The van der Waals surface area contributed by atoms with E-state index in [1.165, 1.54) is 23.3 Å². The minimum atomic E-state index is -1.53. The second-order valence-electron chi connectivity index (χ2n) is 16.2. The molecule has 3 aliphatic heterocycles. The molecule has 2 fully saturated rings. The van der Waals surface area contributed by atoms with Crippen LogP contribution in [-0.2, 0) is 26.4 Å². The number of carbonyl (C=O) groups is 1. The van der Waals surface area contributed by atoms with Gasteiger partial charge in [-0.1, -0.05) is 110 Å². The quantitative estimate of drug-likeness (QED) is 0.126. The van der Waals surface area contributed by atoms with Crippen molar-refractivity contribution in [2.24, 2.45) is 11.1 Å². The molecule has 0 unspecified atom stereocenters. The predicted octanol–water partition coefficient (Wildman–Crippen LogP) is 9.47. The highest BCUT2D eigenvalue weighted by Gasteiger charge is 2.58. The topological polar surface area (TPSA) is 76.8 Å². The number of unbranched alkanes of at least 4 members (excludes halogenated alkanes) is 2. The van der Waals surface area contributed by atoms with Gasteiger partial charge in [-0.15, -0.1) is 0 Å². The van der Waals surface area contributed by atoms with Crippen LogP contribution >= 0.6 is 23.2 Å². The fourth-order valence-electron chi connectivity index (χ4n) is 8.70. The van der Waals surface area contributed by atoms with Gasteiger partial charge in [0.15, 0.2) is 5.79 Å². The zero-order chi connectivity index (χ0) is 38.0. The van der Waals surface area contributed by atoms with Gasteiger partial charge in [0.25, 0.3) is 0 Å². The standard InChI is InChI=1S/C43H53Cl2F2N3O3/c1-41(2,29-20-22-50(23-21-29)26-28-12-7-5-8-13-28)25-37-43(48,33-19-18-30(44)24-35(33)46)38(32-15-11-16-34(45)39(32)47)40(49-37)36(51)17-10-6-9-14-31-27-52-42(3,4)53-31/h5,7-8,11-13,15-16,18-20,24,31,37-38,40,49H,6,9-10,14,17,21-23,25-27,48H2,1-4H3/t31-,37-,38-,40-,43+/m0/s1. The van der Waals surface area contributed by atoms with Crippen molar-refractivity contribution in [2.75, 3.05) is 19.7 Å². The van der Waals surface area contributed by atoms with Gasteiger partial charge >= 0.3 is 0 Å². The lowest BCUT2D eigenvalue weighted by molar-refractivity contribution is -0.139. The summed E-state index contributed by atoms with van der Waals surface area (Å²) in [5, 5.41) is 3.74. The van der Waals surface area contributed by atoms with Crippen LogP contribution < -0.4 is 11.1 Å². The smallest absolute Gasteiger partial charge is 0.163 e. The fraction of sp³-hybridized carbons (Fsp3) is 0.512. The maximum atomic E-state index is 16.2. The Hall–Kier alpha value is -2.69. The second-order valence-corrected chi connectivity index (χ2v) is 17.0. The number of rotatable bonds is 14. The van der Waals surface area contributed by atoms with Crippen LogP contribution in [0.5, 0.6) is 0 Å². The van der Waals surface area contributed by atoms with Gasteiger partial charge in [0.05, 0.1) is 29.3 Å². The van der Waals surface area contributed by atoms with Crippen molar-refractivity contribution in [1.82, 2.24) is 10.2 Å². The Balaban J connectivity index is 1.27. The Kier molecular flexibility index (Phi) is 12.5. The molecule has 0 bridgehead atoms. The van der Waals surface area contributed by atoms with Crippen LogP contribution in [0.3, 0.4) is 0 Å². The third-order valence-corrected chi connectivity index (χ3v) is 12.0. The van der Waals surface area contributed by atoms with Crippen LogP contribution in [0.25, 0.3) is 0 Å². The third kappa shape index (κ3) is 9.07. The Labute approximate surface area is 323 Å². The van der Waals surface area contributed by atoms with Crippen molar-refractivity contribution in [1.29, 1.82) is 0 Å². The monoisotopic (exact) mass is 767 g/mol. The molecule has 6 rings (SSSR count). The van der Waals surface area contributed by atoms with E-state index in [-0.39, 0.29) is 44.9 Å². The number of halogens is 4. The van der Waals surface area contributed by atoms with Gasteiger partial charge in [-0.2, -0.15) is 0 Å². The Morgan fingerprint density at radius 3 is 2.49 bits per heavy atom. The molecule has 0 saturated carbocycles. The van der Waals surface area contributed by atoms with Crippen molar-refractivity contribution in [2.45, 2.75) is 115 Å². The molecule has 6 nitrogen and oxygen atoms in total. The van der Waals surface area contributed by atoms with Crippen LogP contribution in [0, 0.1) is 17.0 Å². The number of nitrogens with zero attached hydrogens (tertiary/aromatic N) is 1. The minimum absolute atomic E-state index is 0.0369. The summed E-state index contributed by atoms with van der Waals surface area (Å²) >= 11 is 12.6. The molecule has 0 aliphatic carbocycles. The summed E-state index contributed by atoms with van der Waals surface area (Å²) in [5.41, 5.74) is 8.57. The summed E-state index contributed by atoms with van der Waals surface area (Å²) in [4.78, 5) is 16.8. The lowest BCUT2D eigenvalue weighted by Crippen LogP contribution is -2.53. The SMILES string of the molecule is CC1(C)OC[C@H](CCCCCC(=O)[C@@H]2N[C@@H](CC(C)(C)C3=CCN(Cc4ccccc4)CC3)[C@](N)(c3ccc(Cl)cc3F)[C@H]2c2cccc(Cl)c2F)O1. The molecule has 0 aromatic heterocycles. The van der Waals surface area contributed by atoms with Crippen molar-refractivity contribution in [3.63, 3.8) is 0 Å². The molecule has 2 saturated heterocycles. The number of ketones is 1. The molecular weight excluding hydrogens is 715 g/mol. The summed E-state index contributed by atoms with van der Waals surface area (Å²) in [6.45, 7) is 11.3. The Morgan fingerprint density at radius 2 is 1.81 bits per heavy atom. The van der Waals surface area contributed by atoms with E-state index < -0.39 is 41.0 Å². The number of Topliss-reactive ketones (excluding diaryl/α,β-unsaturated/α-hetero) is 1. The zero-order valence-electron chi connectivity index (χ0n) is 31.3. The number of hydrogen-bond donors (Lipinski definition) is 2. The molecule has 0 amide bonds. The van der Waals surface area contributed by atoms with Crippen molar-refractivity contribution in [3.05, 3.63) is 117 Å². The first kappa shape index (κ1) is 40.0. The number of benzene rings is 3. The molecular formula is C43H53Cl2F2N3O3. The molecule has 0 spiro atoms. The van der Waals surface area contributed by atoms with Crippen LogP contribution in [0.1, 0.15) is 95.2 Å². The van der Waals surface area contributed by atoms with E-state index in [4.69, 9.17) is 38.4 Å². The van der Waals surface area contributed by atoms with Gasteiger partial charge in [-0.3, -0.25) is 9.69 Å². The molecule has 3 aromatic rings. The van der Waals surface area contributed by atoms with Crippen molar-refractivity contribution in [3.8, 4) is 0 Å². The Morgan fingerprint density at radius 1 is 1.04 bits per heavy atom. The highest BCUT2D eigenvalue weighted by Crippen LogP contribution is 2.51. The van der Waals surface area contributed by atoms with Crippen LogP contribution in [-0.4, -0.2) is 54.4 Å². The summed E-state index contributed by atoms with van der Waals surface area (Å²) < 4.78 is 43.9. The first-order valence-electron chi connectivity index (χ1n) is 18.9. The van der Waals surface area contributed by atoms with Crippen LogP contribution in [0.2, 0.25) is 10.0 Å². The maximum Gasteiger partial charge on any atom is 0.163 e. The average molecular weight is 769 g/mol. The first-order chi connectivity index (χ1) is 25.2. The highest BCUT2D eigenvalue weighted by atomic mass is 35.5. The molecule has 10 heteroatoms. The van der Waals surface area contributed by atoms with Gasteiger partial charge in [-0.05, 0) is 74.3 Å². The normalized spacial score (nSPS) is 26.2. The zero-order valence-corrected chi connectivity index (χ0v) is 32.8. The third-order valence-electron chi connectivity index (χ3n) is 11.5. The summed E-state index contributed by atoms with van der Waals surface area (Å²) in [6, 6.07) is 18.1. The molecule has 53 heavy (non-hydrogen) atoms. The number of ether oxygens (including phenoxy) is 2. The van der Waals surface area contributed by atoms with E-state index in [2.05, 4.69) is 54.4 Å². The maximum absolute atomic E-state index is 16.2. The van der Waals surface area contributed by atoms with Crippen LogP contribution in [0.4, 0.5) is 8.78 Å². The molecule has 286 valence electrons. The minimum Gasteiger partial charge on any atom is -0.348 e. The highest BCUT2D eigenvalue weighted by molar-refractivity contribution is 6.31. The van der Waals surface area contributed by atoms with Gasteiger partial charge in [0.2, 0.25) is 0 Å². The van der Waals surface area contributed by atoms with Gasteiger partial charge in [0.1, 0.15) is 17.4 Å². The fourth-order valence-corrected chi connectivity index (χ4v) is 9.05. The lowest BCUT2D eigenvalue weighted by Gasteiger charge is -2.42. The van der Waals surface area contributed by atoms with Gasteiger partial charge in [0, 0.05) is 48.6 Å².